The van der Waals surface area contributed by atoms with Crippen LogP contribution in [0, 0.1) is 5.92 Å². The van der Waals surface area contributed by atoms with Gasteiger partial charge in [-0.05, 0) is 31.7 Å². The predicted molar refractivity (Wildman–Crippen MR) is 75.1 cm³/mol. The third-order valence-electron chi connectivity index (χ3n) is 3.78. The fraction of sp³-hybridized carbons (Fsp3) is 0.667. The van der Waals surface area contributed by atoms with Crippen molar-refractivity contribution in [2.75, 3.05) is 11.9 Å². The van der Waals surface area contributed by atoms with Gasteiger partial charge in [-0.3, -0.25) is 0 Å². The maximum atomic E-state index is 5.44. The second-order valence-corrected chi connectivity index (χ2v) is 5.00. The van der Waals surface area contributed by atoms with Gasteiger partial charge in [-0.25, -0.2) is 0 Å². The largest absolute Gasteiger partial charge is 0.478 e. The molecule has 0 radical (unpaired) electrons. The van der Waals surface area contributed by atoms with Crippen LogP contribution in [0.3, 0.4) is 0 Å². The zero-order valence-electron chi connectivity index (χ0n) is 11.5. The van der Waals surface area contributed by atoms with E-state index >= 15 is 0 Å². The maximum Gasteiger partial charge on any atom is 0.215 e. The minimum Gasteiger partial charge on any atom is -0.478 e. The zero-order chi connectivity index (χ0) is 12.8. The number of nitrogens with one attached hydrogen (secondary N) is 1. The minimum absolute atomic E-state index is 0.577. The highest BCUT2D eigenvalue weighted by atomic mass is 16.5. The summed E-state index contributed by atoms with van der Waals surface area (Å²) in [5, 5.41) is 3.59. The number of rotatable bonds is 5. The second kappa shape index (κ2) is 6.62. The Labute approximate surface area is 110 Å². The average molecular weight is 248 g/mol. The summed E-state index contributed by atoms with van der Waals surface area (Å²) in [4.78, 5) is 4.49. The van der Waals surface area contributed by atoms with Crippen molar-refractivity contribution < 1.29 is 4.74 Å². The topological polar surface area (TPSA) is 34.1 Å². The quantitative estimate of drug-likeness (QED) is 0.859. The third kappa shape index (κ3) is 3.37. The summed E-state index contributed by atoms with van der Waals surface area (Å²) in [6, 6.07) is 6.52. The first-order valence-electron chi connectivity index (χ1n) is 7.19. The van der Waals surface area contributed by atoms with Gasteiger partial charge < -0.3 is 10.1 Å². The lowest BCUT2D eigenvalue weighted by Gasteiger charge is -2.31. The van der Waals surface area contributed by atoms with E-state index in [1.807, 2.05) is 25.1 Å². The van der Waals surface area contributed by atoms with E-state index in [9.17, 15) is 0 Å². The summed E-state index contributed by atoms with van der Waals surface area (Å²) in [6.07, 6.45) is 6.57. The van der Waals surface area contributed by atoms with Crippen molar-refractivity contribution in [1.29, 1.82) is 0 Å². The minimum atomic E-state index is 0.577. The molecular weight excluding hydrogens is 224 g/mol. The van der Waals surface area contributed by atoms with Gasteiger partial charge in [0, 0.05) is 12.1 Å². The van der Waals surface area contributed by atoms with Gasteiger partial charge in [0.2, 0.25) is 5.88 Å². The van der Waals surface area contributed by atoms with Crippen molar-refractivity contribution in [2.45, 2.75) is 52.0 Å². The van der Waals surface area contributed by atoms with Gasteiger partial charge in [0.1, 0.15) is 5.82 Å². The van der Waals surface area contributed by atoms with E-state index in [2.05, 4.69) is 17.2 Å². The Bertz CT molecular complexity index is 367. The van der Waals surface area contributed by atoms with Gasteiger partial charge in [-0.15, -0.1) is 0 Å². The lowest BCUT2D eigenvalue weighted by atomic mass is 9.83. The number of pyridine rings is 1. The van der Waals surface area contributed by atoms with E-state index in [1.54, 1.807) is 0 Å². The molecule has 0 aromatic carbocycles. The molecule has 3 heteroatoms. The molecule has 0 bridgehead atoms. The molecule has 0 aliphatic heterocycles. The third-order valence-corrected chi connectivity index (χ3v) is 3.78. The monoisotopic (exact) mass is 248 g/mol. The number of nitrogens with zero attached hydrogens (tertiary/aromatic N) is 1. The Hall–Kier alpha value is -1.25. The van der Waals surface area contributed by atoms with Crippen molar-refractivity contribution in [2.24, 2.45) is 5.92 Å². The van der Waals surface area contributed by atoms with Crippen LogP contribution < -0.4 is 10.1 Å². The van der Waals surface area contributed by atoms with Crippen molar-refractivity contribution >= 4 is 5.82 Å². The first-order chi connectivity index (χ1) is 8.83. The molecule has 1 N–H and O–H groups in total. The van der Waals surface area contributed by atoms with E-state index in [-0.39, 0.29) is 0 Å². The first-order valence-corrected chi connectivity index (χ1v) is 7.19. The van der Waals surface area contributed by atoms with Gasteiger partial charge >= 0.3 is 0 Å². The number of hydrogen-bond acceptors (Lipinski definition) is 3. The maximum absolute atomic E-state index is 5.44. The van der Waals surface area contributed by atoms with Gasteiger partial charge in [-0.2, -0.15) is 4.98 Å². The highest BCUT2D eigenvalue weighted by molar-refractivity contribution is 5.38. The SMILES string of the molecule is CCOc1cccc(NC2CCCCC2CC)n1. The lowest BCUT2D eigenvalue weighted by Crippen LogP contribution is -2.32. The second-order valence-electron chi connectivity index (χ2n) is 5.00. The van der Waals surface area contributed by atoms with Crippen LogP contribution in [0.15, 0.2) is 18.2 Å². The molecule has 2 atom stereocenters. The Morgan fingerprint density at radius 3 is 2.89 bits per heavy atom. The van der Waals surface area contributed by atoms with Crippen LogP contribution in [0.25, 0.3) is 0 Å². The molecule has 1 aromatic rings. The Balaban J connectivity index is 2.00. The van der Waals surface area contributed by atoms with Crippen LogP contribution in [0.1, 0.15) is 46.0 Å². The molecule has 2 unspecified atom stereocenters. The summed E-state index contributed by atoms with van der Waals surface area (Å²) in [5.74, 6) is 2.45. The van der Waals surface area contributed by atoms with Crippen molar-refractivity contribution in [1.82, 2.24) is 4.98 Å². The fourth-order valence-electron chi connectivity index (χ4n) is 2.80. The van der Waals surface area contributed by atoms with Crippen molar-refractivity contribution in [3.8, 4) is 5.88 Å². The molecule has 100 valence electrons. The smallest absolute Gasteiger partial charge is 0.215 e. The van der Waals surface area contributed by atoms with Crippen LogP contribution in [0.2, 0.25) is 0 Å². The van der Waals surface area contributed by atoms with E-state index in [0.29, 0.717) is 18.5 Å². The summed E-state index contributed by atoms with van der Waals surface area (Å²) >= 11 is 0. The summed E-state index contributed by atoms with van der Waals surface area (Å²) in [6.45, 7) is 4.93. The number of aromatic nitrogens is 1. The molecule has 2 rings (SSSR count). The van der Waals surface area contributed by atoms with Crippen LogP contribution in [0.5, 0.6) is 5.88 Å². The average Bonchev–Trinajstić information content (AvgIpc) is 2.40. The normalized spacial score (nSPS) is 23.7. The Kier molecular flexibility index (Phi) is 4.85. The van der Waals surface area contributed by atoms with E-state index in [4.69, 9.17) is 4.74 Å². The molecule has 0 spiro atoms. The van der Waals surface area contributed by atoms with Crippen LogP contribution in [-0.4, -0.2) is 17.6 Å². The highest BCUT2D eigenvalue weighted by Gasteiger charge is 2.23. The molecule has 0 saturated heterocycles. The highest BCUT2D eigenvalue weighted by Crippen LogP contribution is 2.29. The molecule has 1 saturated carbocycles. The standard InChI is InChI=1S/C15H24N2O/c1-3-12-8-5-6-9-13(12)16-14-10-7-11-15(17-14)18-4-2/h7,10-13H,3-6,8-9H2,1-2H3,(H,16,17). The summed E-state index contributed by atoms with van der Waals surface area (Å²) in [7, 11) is 0. The summed E-state index contributed by atoms with van der Waals surface area (Å²) in [5.41, 5.74) is 0. The van der Waals surface area contributed by atoms with Crippen LogP contribution in [-0.2, 0) is 0 Å². The zero-order valence-corrected chi connectivity index (χ0v) is 11.5. The molecule has 18 heavy (non-hydrogen) atoms. The van der Waals surface area contributed by atoms with Crippen LogP contribution in [0.4, 0.5) is 5.82 Å². The Morgan fingerprint density at radius 2 is 2.11 bits per heavy atom. The molecular formula is C15H24N2O. The Morgan fingerprint density at radius 1 is 1.28 bits per heavy atom. The van der Waals surface area contributed by atoms with Crippen LogP contribution >= 0.6 is 0 Å². The first kappa shape index (κ1) is 13.2. The molecule has 1 fully saturated rings. The fourth-order valence-corrected chi connectivity index (χ4v) is 2.80. The van der Waals surface area contributed by atoms with Gasteiger partial charge in [0.05, 0.1) is 6.61 Å². The molecule has 1 aliphatic rings. The number of anilines is 1. The van der Waals surface area contributed by atoms with Gasteiger partial charge in [-0.1, -0.05) is 32.3 Å². The van der Waals surface area contributed by atoms with E-state index < -0.39 is 0 Å². The molecule has 1 aliphatic carbocycles. The van der Waals surface area contributed by atoms with Gasteiger partial charge in [0.15, 0.2) is 0 Å². The molecule has 1 aromatic heterocycles. The molecule has 1 heterocycles. The van der Waals surface area contributed by atoms with E-state index in [0.717, 1.165) is 11.7 Å². The van der Waals surface area contributed by atoms with Gasteiger partial charge in [0.25, 0.3) is 0 Å². The van der Waals surface area contributed by atoms with E-state index in [1.165, 1.54) is 32.1 Å². The van der Waals surface area contributed by atoms with Crippen molar-refractivity contribution in [3.05, 3.63) is 18.2 Å². The number of ether oxygens (including phenoxy) is 1. The predicted octanol–water partition coefficient (Wildman–Crippen LogP) is 3.86. The molecule has 3 nitrogen and oxygen atoms in total. The molecule has 0 amide bonds. The number of hydrogen-bond donors (Lipinski definition) is 1. The summed E-state index contributed by atoms with van der Waals surface area (Å²) < 4.78 is 5.44. The lowest BCUT2D eigenvalue weighted by molar-refractivity contribution is 0.314. The van der Waals surface area contributed by atoms with Crippen molar-refractivity contribution in [3.63, 3.8) is 0 Å².